The van der Waals surface area contributed by atoms with Crippen molar-refractivity contribution in [2.45, 2.75) is 18.9 Å². The molecule has 0 saturated carbocycles. The van der Waals surface area contributed by atoms with E-state index in [1.165, 1.54) is 13.2 Å². The molecule has 0 atom stereocenters. The summed E-state index contributed by atoms with van der Waals surface area (Å²) in [6, 6.07) is 9.87. The lowest BCUT2D eigenvalue weighted by Gasteiger charge is -2.32. The SMILES string of the molecule is CNS(=O)(=O)NC1CCN(C(=O)c2cccc(NC(=O)c3cccnc3)c2)CC1. The van der Waals surface area contributed by atoms with Crippen LogP contribution in [0.5, 0.6) is 0 Å². The standard InChI is InChI=1S/C19H23N5O4S/c1-20-29(27,28)23-16-7-10-24(11-8-16)19(26)14-4-2-6-17(12-14)22-18(25)15-5-3-9-21-13-15/h2-6,9,12-13,16,20,23H,7-8,10-11H2,1H3,(H,22,25). The molecular weight excluding hydrogens is 394 g/mol. The summed E-state index contributed by atoms with van der Waals surface area (Å²) in [5, 5.41) is 2.76. The molecule has 1 aliphatic rings. The Morgan fingerprint density at radius 2 is 1.83 bits per heavy atom. The monoisotopic (exact) mass is 417 g/mol. The first-order chi connectivity index (χ1) is 13.9. The van der Waals surface area contributed by atoms with Gasteiger partial charge in [0.25, 0.3) is 22.0 Å². The minimum Gasteiger partial charge on any atom is -0.339 e. The van der Waals surface area contributed by atoms with Crippen LogP contribution in [0, 0.1) is 0 Å². The van der Waals surface area contributed by atoms with E-state index in [9.17, 15) is 18.0 Å². The van der Waals surface area contributed by atoms with Crippen molar-refractivity contribution in [2.75, 3.05) is 25.5 Å². The Kier molecular flexibility index (Phi) is 6.57. The minimum absolute atomic E-state index is 0.155. The van der Waals surface area contributed by atoms with Gasteiger partial charge in [0.05, 0.1) is 5.56 Å². The van der Waals surface area contributed by atoms with Crippen molar-refractivity contribution >= 4 is 27.7 Å². The molecule has 154 valence electrons. The number of amides is 2. The van der Waals surface area contributed by atoms with E-state index in [0.717, 1.165) is 0 Å². The van der Waals surface area contributed by atoms with Gasteiger partial charge in [-0.05, 0) is 43.2 Å². The lowest BCUT2D eigenvalue weighted by atomic mass is 10.0. The minimum atomic E-state index is -3.50. The lowest BCUT2D eigenvalue weighted by molar-refractivity contribution is 0.0711. The number of benzene rings is 1. The topological polar surface area (TPSA) is 121 Å². The third kappa shape index (κ3) is 5.59. The average Bonchev–Trinajstić information content (AvgIpc) is 2.74. The molecule has 9 nitrogen and oxygen atoms in total. The zero-order valence-corrected chi connectivity index (χ0v) is 16.8. The van der Waals surface area contributed by atoms with Crippen molar-refractivity contribution in [3.05, 3.63) is 59.9 Å². The molecular formula is C19H23N5O4S. The Labute approximate surface area is 169 Å². The van der Waals surface area contributed by atoms with Gasteiger partial charge in [-0.15, -0.1) is 0 Å². The largest absolute Gasteiger partial charge is 0.339 e. The molecule has 1 aromatic carbocycles. The maximum atomic E-state index is 12.8. The van der Waals surface area contributed by atoms with Gasteiger partial charge in [-0.25, -0.2) is 4.72 Å². The van der Waals surface area contributed by atoms with Gasteiger partial charge < -0.3 is 10.2 Å². The number of hydrogen-bond acceptors (Lipinski definition) is 5. The molecule has 10 heteroatoms. The molecule has 1 fully saturated rings. The molecule has 0 radical (unpaired) electrons. The zero-order chi connectivity index (χ0) is 20.9. The molecule has 0 bridgehead atoms. The van der Waals surface area contributed by atoms with Crippen LogP contribution >= 0.6 is 0 Å². The Morgan fingerprint density at radius 1 is 1.10 bits per heavy atom. The Morgan fingerprint density at radius 3 is 2.48 bits per heavy atom. The highest BCUT2D eigenvalue weighted by molar-refractivity contribution is 7.87. The Hall–Kier alpha value is -2.82. The third-order valence-electron chi connectivity index (χ3n) is 4.66. The normalized spacial score (nSPS) is 15.1. The Balaban J connectivity index is 1.61. The second kappa shape index (κ2) is 9.12. The van der Waals surface area contributed by atoms with Crippen LogP contribution in [0.2, 0.25) is 0 Å². The summed E-state index contributed by atoms with van der Waals surface area (Å²) in [7, 11) is -2.15. The summed E-state index contributed by atoms with van der Waals surface area (Å²) >= 11 is 0. The zero-order valence-electron chi connectivity index (χ0n) is 16.0. The number of nitrogens with zero attached hydrogens (tertiary/aromatic N) is 2. The number of likely N-dealkylation sites (tertiary alicyclic amines) is 1. The molecule has 29 heavy (non-hydrogen) atoms. The number of nitrogens with one attached hydrogen (secondary N) is 3. The highest BCUT2D eigenvalue weighted by atomic mass is 32.2. The van der Waals surface area contributed by atoms with E-state index in [2.05, 4.69) is 19.7 Å². The summed E-state index contributed by atoms with van der Waals surface area (Å²) in [4.78, 5) is 30.7. The van der Waals surface area contributed by atoms with Crippen molar-refractivity contribution in [3.8, 4) is 0 Å². The van der Waals surface area contributed by atoms with E-state index in [0.29, 0.717) is 42.7 Å². The molecule has 1 aromatic heterocycles. The summed E-state index contributed by atoms with van der Waals surface area (Å²) < 4.78 is 28.0. The molecule has 2 heterocycles. The van der Waals surface area contributed by atoms with Gasteiger partial charge in [0, 0.05) is 49.8 Å². The fourth-order valence-corrected chi connectivity index (χ4v) is 3.88. The first-order valence-corrected chi connectivity index (χ1v) is 10.7. The number of hydrogen-bond donors (Lipinski definition) is 3. The third-order valence-corrected chi connectivity index (χ3v) is 5.84. The van der Waals surface area contributed by atoms with Gasteiger partial charge in [-0.1, -0.05) is 6.07 Å². The molecule has 2 aromatic rings. The number of carbonyl (C=O) groups excluding carboxylic acids is 2. The molecule has 3 rings (SSSR count). The number of carbonyl (C=O) groups is 2. The predicted molar refractivity (Wildman–Crippen MR) is 109 cm³/mol. The van der Waals surface area contributed by atoms with Gasteiger partial charge in [0.2, 0.25) is 0 Å². The highest BCUT2D eigenvalue weighted by Gasteiger charge is 2.26. The molecule has 0 unspecified atom stereocenters. The van der Waals surface area contributed by atoms with E-state index >= 15 is 0 Å². The van der Waals surface area contributed by atoms with Crippen LogP contribution in [0.25, 0.3) is 0 Å². The molecule has 0 spiro atoms. The van der Waals surface area contributed by atoms with E-state index in [1.54, 1.807) is 47.5 Å². The highest BCUT2D eigenvalue weighted by Crippen LogP contribution is 2.18. The van der Waals surface area contributed by atoms with Crippen LogP contribution in [0.1, 0.15) is 33.6 Å². The predicted octanol–water partition coefficient (Wildman–Crippen LogP) is 0.992. The molecule has 0 aliphatic carbocycles. The van der Waals surface area contributed by atoms with Crippen molar-refractivity contribution in [3.63, 3.8) is 0 Å². The smallest absolute Gasteiger partial charge is 0.276 e. The molecule has 1 saturated heterocycles. The first-order valence-electron chi connectivity index (χ1n) is 9.19. The molecule has 1 aliphatic heterocycles. The van der Waals surface area contributed by atoms with Crippen LogP contribution in [0.4, 0.5) is 5.69 Å². The van der Waals surface area contributed by atoms with E-state index in [4.69, 9.17) is 0 Å². The second-order valence-electron chi connectivity index (χ2n) is 6.67. The second-order valence-corrected chi connectivity index (χ2v) is 8.32. The summed E-state index contributed by atoms with van der Waals surface area (Å²) in [6.07, 6.45) is 4.12. The summed E-state index contributed by atoms with van der Waals surface area (Å²) in [5.74, 6) is -0.460. The number of rotatable bonds is 6. The van der Waals surface area contributed by atoms with Crippen LogP contribution in [-0.2, 0) is 10.2 Å². The van der Waals surface area contributed by atoms with Crippen LogP contribution in [0.3, 0.4) is 0 Å². The van der Waals surface area contributed by atoms with Gasteiger partial charge in [0.1, 0.15) is 0 Å². The first kappa shape index (κ1) is 20.9. The van der Waals surface area contributed by atoms with Gasteiger partial charge in [0.15, 0.2) is 0 Å². The maximum Gasteiger partial charge on any atom is 0.276 e. The van der Waals surface area contributed by atoms with Crippen molar-refractivity contribution in [1.82, 2.24) is 19.3 Å². The van der Waals surface area contributed by atoms with Gasteiger partial charge in [-0.3, -0.25) is 14.6 Å². The van der Waals surface area contributed by atoms with Crippen molar-refractivity contribution < 1.29 is 18.0 Å². The Bertz CT molecular complexity index is 973. The van der Waals surface area contributed by atoms with E-state index in [1.807, 2.05) is 0 Å². The quantitative estimate of drug-likeness (QED) is 0.647. The lowest BCUT2D eigenvalue weighted by Crippen LogP contribution is -2.48. The average molecular weight is 417 g/mol. The fraction of sp³-hybridized carbons (Fsp3) is 0.316. The van der Waals surface area contributed by atoms with Crippen molar-refractivity contribution in [1.29, 1.82) is 0 Å². The van der Waals surface area contributed by atoms with E-state index in [-0.39, 0.29) is 17.9 Å². The number of piperidine rings is 1. The van der Waals surface area contributed by atoms with Crippen LogP contribution in [-0.4, -0.2) is 56.3 Å². The summed E-state index contributed by atoms with van der Waals surface area (Å²) in [5.41, 5.74) is 1.40. The molecule has 2 amide bonds. The van der Waals surface area contributed by atoms with Crippen molar-refractivity contribution in [2.24, 2.45) is 0 Å². The van der Waals surface area contributed by atoms with Crippen LogP contribution in [0.15, 0.2) is 48.8 Å². The fourth-order valence-electron chi connectivity index (χ4n) is 3.09. The number of aromatic nitrogens is 1. The number of anilines is 1. The number of pyridine rings is 1. The maximum absolute atomic E-state index is 12.8. The summed E-state index contributed by atoms with van der Waals surface area (Å²) in [6.45, 7) is 0.893. The van der Waals surface area contributed by atoms with Gasteiger partial charge in [-0.2, -0.15) is 13.1 Å². The van der Waals surface area contributed by atoms with E-state index < -0.39 is 10.2 Å². The van der Waals surface area contributed by atoms with Crippen LogP contribution < -0.4 is 14.8 Å². The molecule has 3 N–H and O–H groups in total. The van der Waals surface area contributed by atoms with Gasteiger partial charge >= 0.3 is 0 Å².